The number of aromatic nitrogens is 2. The van der Waals surface area contributed by atoms with Crippen LogP contribution in [0.4, 0.5) is 0 Å². The van der Waals surface area contributed by atoms with Crippen molar-refractivity contribution in [3.05, 3.63) is 41.5 Å². The zero-order chi connectivity index (χ0) is 14.7. The molecule has 1 aliphatic carbocycles. The summed E-state index contributed by atoms with van der Waals surface area (Å²) in [6.07, 6.45) is 2.89. The van der Waals surface area contributed by atoms with E-state index in [1.165, 1.54) is 0 Å². The smallest absolute Gasteiger partial charge is 0.264 e. The normalized spacial score (nSPS) is 14.0. The van der Waals surface area contributed by atoms with Crippen LogP contribution in [0.25, 0.3) is 0 Å². The Bertz CT molecular complexity index is 617. The summed E-state index contributed by atoms with van der Waals surface area (Å²) in [5.41, 5.74) is 0.639. The number of ether oxygens (including phenoxy) is 1. The number of carbonyl (C=O) groups is 1. The number of hydrogen-bond acceptors (Lipinski definition) is 5. The molecule has 1 saturated carbocycles. The Hall–Kier alpha value is -2.37. The Kier molecular flexibility index (Phi) is 3.85. The molecule has 110 valence electrons. The fraction of sp³-hybridized carbons (Fsp3) is 0.400. The maximum absolute atomic E-state index is 11.8. The minimum Gasteiger partial charge on any atom is -0.484 e. The Morgan fingerprint density at radius 1 is 1.38 bits per heavy atom. The number of amides is 1. The Balaban J connectivity index is 1.54. The van der Waals surface area contributed by atoms with Crippen LogP contribution in [0.1, 0.15) is 41.8 Å². The van der Waals surface area contributed by atoms with Crippen LogP contribution in [0.15, 0.2) is 28.8 Å². The average molecular weight is 287 g/mol. The lowest BCUT2D eigenvalue weighted by molar-refractivity contribution is 0.0951. The van der Waals surface area contributed by atoms with Crippen LogP contribution in [0.2, 0.25) is 0 Å². The highest BCUT2D eigenvalue weighted by Gasteiger charge is 2.23. The van der Waals surface area contributed by atoms with Gasteiger partial charge in [0.1, 0.15) is 5.75 Å². The molecule has 3 rings (SSSR count). The van der Waals surface area contributed by atoms with E-state index in [1.807, 2.05) is 6.92 Å². The molecule has 1 N–H and O–H groups in total. The number of hydrogen-bond donors (Lipinski definition) is 1. The molecule has 21 heavy (non-hydrogen) atoms. The Morgan fingerprint density at radius 2 is 2.14 bits per heavy atom. The fourth-order valence-corrected chi connectivity index (χ4v) is 1.84. The molecule has 0 radical (unpaired) electrons. The molecule has 1 aliphatic rings. The van der Waals surface area contributed by atoms with Gasteiger partial charge in [0.25, 0.3) is 11.8 Å². The van der Waals surface area contributed by atoms with Crippen molar-refractivity contribution < 1.29 is 14.1 Å². The lowest BCUT2D eigenvalue weighted by Gasteiger charge is -2.05. The maximum Gasteiger partial charge on any atom is 0.264 e. The predicted octanol–water partition coefficient (Wildman–Crippen LogP) is 2.10. The lowest BCUT2D eigenvalue weighted by atomic mass is 10.2. The van der Waals surface area contributed by atoms with Gasteiger partial charge in [0, 0.05) is 18.0 Å². The van der Waals surface area contributed by atoms with Gasteiger partial charge in [-0.25, -0.2) is 0 Å². The van der Waals surface area contributed by atoms with Crippen LogP contribution in [0.5, 0.6) is 5.75 Å². The molecule has 1 amide bonds. The molecule has 0 saturated heterocycles. The van der Waals surface area contributed by atoms with Crippen LogP contribution in [0.3, 0.4) is 0 Å². The molecule has 0 atom stereocenters. The zero-order valence-corrected chi connectivity index (χ0v) is 11.8. The van der Waals surface area contributed by atoms with Gasteiger partial charge >= 0.3 is 0 Å². The van der Waals surface area contributed by atoms with Crippen molar-refractivity contribution in [3.63, 3.8) is 0 Å². The highest BCUT2D eigenvalue weighted by Crippen LogP contribution is 2.20. The van der Waals surface area contributed by atoms with Crippen LogP contribution in [-0.2, 0) is 13.0 Å². The van der Waals surface area contributed by atoms with E-state index in [0.29, 0.717) is 29.1 Å². The SMILES string of the molecule is CCc1noc(COc2ccc(C(=O)NC3CC3)cc2)n1. The van der Waals surface area contributed by atoms with Gasteiger partial charge < -0.3 is 14.6 Å². The molecule has 6 heteroatoms. The molecule has 0 aliphatic heterocycles. The van der Waals surface area contributed by atoms with Crippen LogP contribution in [-0.4, -0.2) is 22.1 Å². The van der Waals surface area contributed by atoms with E-state index in [4.69, 9.17) is 9.26 Å². The second-order valence-corrected chi connectivity index (χ2v) is 5.02. The fourth-order valence-electron chi connectivity index (χ4n) is 1.84. The molecule has 1 aromatic carbocycles. The van der Waals surface area contributed by atoms with Gasteiger partial charge in [-0.05, 0) is 37.1 Å². The average Bonchev–Trinajstić information content (AvgIpc) is 3.20. The summed E-state index contributed by atoms with van der Waals surface area (Å²) in [6, 6.07) is 7.38. The van der Waals surface area contributed by atoms with E-state index < -0.39 is 0 Å². The van der Waals surface area contributed by atoms with Crippen molar-refractivity contribution >= 4 is 5.91 Å². The number of aryl methyl sites for hydroxylation is 1. The first-order chi connectivity index (χ1) is 10.2. The van der Waals surface area contributed by atoms with Gasteiger partial charge in [0.15, 0.2) is 12.4 Å². The first-order valence-electron chi connectivity index (χ1n) is 7.10. The Morgan fingerprint density at radius 3 is 2.76 bits per heavy atom. The summed E-state index contributed by atoms with van der Waals surface area (Å²) in [6.45, 7) is 2.18. The number of nitrogens with zero attached hydrogens (tertiary/aromatic N) is 2. The third-order valence-electron chi connectivity index (χ3n) is 3.22. The van der Waals surface area contributed by atoms with Gasteiger partial charge in [-0.15, -0.1) is 0 Å². The second kappa shape index (κ2) is 5.95. The van der Waals surface area contributed by atoms with E-state index in [-0.39, 0.29) is 12.5 Å². The Labute approximate surface area is 122 Å². The van der Waals surface area contributed by atoms with Crippen molar-refractivity contribution in [2.45, 2.75) is 38.8 Å². The first kappa shape index (κ1) is 13.6. The van der Waals surface area contributed by atoms with Gasteiger partial charge in [0.05, 0.1) is 0 Å². The summed E-state index contributed by atoms with van der Waals surface area (Å²) in [5.74, 6) is 1.74. The highest BCUT2D eigenvalue weighted by atomic mass is 16.5. The third kappa shape index (κ3) is 3.59. The van der Waals surface area contributed by atoms with E-state index in [0.717, 1.165) is 19.3 Å². The van der Waals surface area contributed by atoms with Crippen molar-refractivity contribution in [1.82, 2.24) is 15.5 Å². The quantitative estimate of drug-likeness (QED) is 0.880. The summed E-state index contributed by atoms with van der Waals surface area (Å²) in [7, 11) is 0. The lowest BCUT2D eigenvalue weighted by Crippen LogP contribution is -2.25. The predicted molar refractivity (Wildman–Crippen MR) is 74.9 cm³/mol. The van der Waals surface area contributed by atoms with Crippen molar-refractivity contribution in [2.75, 3.05) is 0 Å². The zero-order valence-electron chi connectivity index (χ0n) is 11.8. The number of rotatable bonds is 6. The van der Waals surface area contributed by atoms with Crippen LogP contribution >= 0.6 is 0 Å². The standard InChI is InChI=1S/C15H17N3O3/c1-2-13-17-14(21-18-13)9-20-12-7-3-10(4-8-12)15(19)16-11-5-6-11/h3-4,7-8,11H,2,5-6,9H2,1H3,(H,16,19). The largest absolute Gasteiger partial charge is 0.484 e. The molecule has 2 aromatic rings. The molecule has 1 aromatic heterocycles. The van der Waals surface area contributed by atoms with Gasteiger partial charge in [-0.2, -0.15) is 4.98 Å². The monoisotopic (exact) mass is 287 g/mol. The van der Waals surface area contributed by atoms with Gasteiger partial charge in [0.2, 0.25) is 0 Å². The molecular weight excluding hydrogens is 270 g/mol. The van der Waals surface area contributed by atoms with Crippen molar-refractivity contribution in [3.8, 4) is 5.75 Å². The topological polar surface area (TPSA) is 77.2 Å². The number of carbonyl (C=O) groups excluding carboxylic acids is 1. The summed E-state index contributed by atoms with van der Waals surface area (Å²) in [4.78, 5) is 16.0. The number of nitrogens with one attached hydrogen (secondary N) is 1. The van der Waals surface area contributed by atoms with E-state index in [2.05, 4.69) is 15.5 Å². The molecule has 0 spiro atoms. The summed E-state index contributed by atoms with van der Waals surface area (Å²) < 4.78 is 10.6. The van der Waals surface area contributed by atoms with Crippen LogP contribution in [0, 0.1) is 0 Å². The summed E-state index contributed by atoms with van der Waals surface area (Å²) in [5, 5.41) is 6.74. The third-order valence-corrected chi connectivity index (χ3v) is 3.22. The highest BCUT2D eigenvalue weighted by molar-refractivity contribution is 5.94. The number of benzene rings is 1. The van der Waals surface area contributed by atoms with Crippen LogP contribution < -0.4 is 10.1 Å². The van der Waals surface area contributed by atoms with Crippen molar-refractivity contribution in [1.29, 1.82) is 0 Å². The first-order valence-corrected chi connectivity index (χ1v) is 7.10. The second-order valence-electron chi connectivity index (χ2n) is 5.02. The molecule has 1 fully saturated rings. The van der Waals surface area contributed by atoms with E-state index in [1.54, 1.807) is 24.3 Å². The van der Waals surface area contributed by atoms with Crippen molar-refractivity contribution in [2.24, 2.45) is 0 Å². The van der Waals surface area contributed by atoms with E-state index in [9.17, 15) is 4.79 Å². The van der Waals surface area contributed by atoms with Gasteiger partial charge in [-0.3, -0.25) is 4.79 Å². The molecule has 0 unspecified atom stereocenters. The molecule has 0 bridgehead atoms. The van der Waals surface area contributed by atoms with E-state index >= 15 is 0 Å². The molecular formula is C15H17N3O3. The summed E-state index contributed by atoms with van der Waals surface area (Å²) >= 11 is 0. The maximum atomic E-state index is 11.8. The minimum atomic E-state index is -0.0338. The van der Waals surface area contributed by atoms with Gasteiger partial charge in [-0.1, -0.05) is 12.1 Å². The minimum absolute atomic E-state index is 0.0338. The molecule has 1 heterocycles. The molecule has 6 nitrogen and oxygen atoms in total.